The molecule has 1 aliphatic rings. The molecular weight excluding hydrogens is 289 g/mol. The summed E-state index contributed by atoms with van der Waals surface area (Å²) in [5.41, 5.74) is 7.83. The molecule has 114 valence electrons. The molecule has 0 saturated carbocycles. The first-order chi connectivity index (χ1) is 9.63. The zero-order valence-electron chi connectivity index (χ0n) is 12.1. The quantitative estimate of drug-likeness (QED) is 0.948. The van der Waals surface area contributed by atoms with E-state index in [0.717, 1.165) is 42.5 Å². The van der Waals surface area contributed by atoms with Gasteiger partial charge in [0.05, 0.1) is 5.52 Å². The van der Waals surface area contributed by atoms with Crippen LogP contribution in [0.15, 0.2) is 30.5 Å². The highest BCUT2D eigenvalue weighted by Crippen LogP contribution is 2.24. The smallest absolute Gasteiger partial charge is 0.124 e. The van der Waals surface area contributed by atoms with Gasteiger partial charge in [0.25, 0.3) is 0 Å². The van der Waals surface area contributed by atoms with Gasteiger partial charge < -0.3 is 5.73 Å². The van der Waals surface area contributed by atoms with Gasteiger partial charge in [0.15, 0.2) is 0 Å². The Hall–Kier alpha value is -1.23. The van der Waals surface area contributed by atoms with Crippen LogP contribution < -0.4 is 5.73 Å². The van der Waals surface area contributed by atoms with Crippen molar-refractivity contribution in [1.82, 2.24) is 9.88 Å². The van der Waals surface area contributed by atoms with E-state index >= 15 is 0 Å². The summed E-state index contributed by atoms with van der Waals surface area (Å²) in [4.78, 5) is 6.74. The Morgan fingerprint density at radius 2 is 2.29 bits per heavy atom. The molecular formula is C16H21ClFN3. The van der Waals surface area contributed by atoms with E-state index in [1.54, 1.807) is 18.3 Å². The Balaban J connectivity index is 0.00000161. The van der Waals surface area contributed by atoms with Gasteiger partial charge in [0.1, 0.15) is 5.82 Å². The van der Waals surface area contributed by atoms with E-state index in [4.69, 9.17) is 5.73 Å². The lowest BCUT2D eigenvalue weighted by molar-refractivity contribution is 0.309. The second-order valence-corrected chi connectivity index (χ2v) is 5.78. The first-order valence-corrected chi connectivity index (χ1v) is 7.14. The lowest BCUT2D eigenvalue weighted by Gasteiger charge is -2.18. The van der Waals surface area contributed by atoms with Crippen molar-refractivity contribution in [1.29, 1.82) is 0 Å². The number of hydrogen-bond acceptors (Lipinski definition) is 3. The van der Waals surface area contributed by atoms with Gasteiger partial charge in [-0.25, -0.2) is 4.39 Å². The summed E-state index contributed by atoms with van der Waals surface area (Å²) in [6.45, 7) is 4.82. The number of fused-ring (bicyclic) bond motifs is 1. The molecule has 2 heterocycles. The van der Waals surface area contributed by atoms with Crippen molar-refractivity contribution in [2.75, 3.05) is 13.1 Å². The predicted octanol–water partition coefficient (Wildman–Crippen LogP) is 2.96. The SMILES string of the molecule is CC(N)C1CCN(Cc2cc(F)cc3cccnc23)C1.Cl. The van der Waals surface area contributed by atoms with Gasteiger partial charge in [-0.3, -0.25) is 9.88 Å². The van der Waals surface area contributed by atoms with Gasteiger partial charge in [-0.2, -0.15) is 0 Å². The standard InChI is InChI=1S/C16H20FN3.ClH/c1-11(18)13-4-6-20(9-13)10-14-8-15(17)7-12-3-2-5-19-16(12)14;/h2-3,5,7-8,11,13H,4,6,9-10,18H2,1H3;1H. The van der Waals surface area contributed by atoms with E-state index in [1.165, 1.54) is 0 Å². The minimum atomic E-state index is -0.191. The van der Waals surface area contributed by atoms with Gasteiger partial charge in [-0.15, -0.1) is 12.4 Å². The number of halogens is 2. The lowest BCUT2D eigenvalue weighted by Crippen LogP contribution is -2.29. The predicted molar refractivity (Wildman–Crippen MR) is 86.0 cm³/mol. The van der Waals surface area contributed by atoms with E-state index in [9.17, 15) is 4.39 Å². The number of benzene rings is 1. The van der Waals surface area contributed by atoms with Crippen LogP contribution in [0.25, 0.3) is 10.9 Å². The van der Waals surface area contributed by atoms with E-state index in [0.29, 0.717) is 5.92 Å². The Morgan fingerprint density at radius 3 is 3.00 bits per heavy atom. The van der Waals surface area contributed by atoms with E-state index in [-0.39, 0.29) is 24.3 Å². The van der Waals surface area contributed by atoms with Crippen LogP contribution in [0.2, 0.25) is 0 Å². The minimum Gasteiger partial charge on any atom is -0.328 e. The summed E-state index contributed by atoms with van der Waals surface area (Å²) in [5.74, 6) is 0.353. The van der Waals surface area contributed by atoms with Crippen LogP contribution in [0.5, 0.6) is 0 Å². The Morgan fingerprint density at radius 1 is 1.48 bits per heavy atom. The van der Waals surface area contributed by atoms with Crippen molar-refractivity contribution in [2.45, 2.75) is 25.9 Å². The largest absolute Gasteiger partial charge is 0.328 e. The molecule has 2 unspecified atom stereocenters. The monoisotopic (exact) mass is 309 g/mol. The number of nitrogens with zero attached hydrogens (tertiary/aromatic N) is 2. The maximum Gasteiger partial charge on any atom is 0.124 e. The second kappa shape index (κ2) is 6.69. The van der Waals surface area contributed by atoms with Crippen molar-refractivity contribution >= 4 is 23.3 Å². The van der Waals surface area contributed by atoms with Gasteiger partial charge in [-0.05, 0) is 49.6 Å². The van der Waals surface area contributed by atoms with E-state index in [2.05, 4.69) is 16.8 Å². The number of likely N-dealkylation sites (tertiary alicyclic amines) is 1. The summed E-state index contributed by atoms with van der Waals surface area (Å²) in [6, 6.07) is 7.12. The molecule has 0 amide bonds. The normalized spacial score (nSPS) is 20.4. The maximum absolute atomic E-state index is 13.7. The van der Waals surface area contributed by atoms with Crippen LogP contribution >= 0.6 is 12.4 Å². The van der Waals surface area contributed by atoms with Crippen LogP contribution in [-0.4, -0.2) is 29.0 Å². The number of nitrogens with two attached hydrogens (primary N) is 1. The summed E-state index contributed by atoms with van der Waals surface area (Å²) in [7, 11) is 0. The lowest BCUT2D eigenvalue weighted by atomic mass is 10.0. The van der Waals surface area contributed by atoms with Crippen LogP contribution in [0.3, 0.4) is 0 Å². The molecule has 1 aliphatic heterocycles. The third-order valence-electron chi connectivity index (χ3n) is 4.19. The van der Waals surface area contributed by atoms with E-state index in [1.807, 2.05) is 12.1 Å². The zero-order valence-corrected chi connectivity index (χ0v) is 12.9. The maximum atomic E-state index is 13.7. The highest BCUT2D eigenvalue weighted by Gasteiger charge is 2.25. The molecule has 0 bridgehead atoms. The van der Waals surface area contributed by atoms with Gasteiger partial charge in [0, 0.05) is 30.7 Å². The molecule has 1 saturated heterocycles. The second-order valence-electron chi connectivity index (χ2n) is 5.78. The molecule has 0 radical (unpaired) electrons. The molecule has 2 aromatic rings. The van der Waals surface area contributed by atoms with Crippen LogP contribution in [0.4, 0.5) is 4.39 Å². The molecule has 2 N–H and O–H groups in total. The molecule has 3 rings (SSSR count). The number of rotatable bonds is 3. The molecule has 1 aromatic heterocycles. The molecule has 3 nitrogen and oxygen atoms in total. The summed E-state index contributed by atoms with van der Waals surface area (Å²) in [6.07, 6.45) is 2.89. The topological polar surface area (TPSA) is 42.1 Å². The molecule has 0 aliphatic carbocycles. The molecule has 5 heteroatoms. The van der Waals surface area contributed by atoms with Gasteiger partial charge in [0.2, 0.25) is 0 Å². The number of aromatic nitrogens is 1. The van der Waals surface area contributed by atoms with Crippen molar-refractivity contribution in [3.05, 3.63) is 41.8 Å². The van der Waals surface area contributed by atoms with Crippen molar-refractivity contribution in [2.24, 2.45) is 11.7 Å². The van der Waals surface area contributed by atoms with Crippen molar-refractivity contribution in [3.8, 4) is 0 Å². The molecule has 1 aromatic carbocycles. The molecule has 21 heavy (non-hydrogen) atoms. The average Bonchev–Trinajstić information content (AvgIpc) is 2.87. The van der Waals surface area contributed by atoms with Crippen LogP contribution in [0, 0.1) is 11.7 Å². The highest BCUT2D eigenvalue weighted by molar-refractivity contribution is 5.85. The first-order valence-electron chi connectivity index (χ1n) is 7.14. The summed E-state index contributed by atoms with van der Waals surface area (Å²) >= 11 is 0. The number of pyridine rings is 1. The van der Waals surface area contributed by atoms with Crippen molar-refractivity contribution < 1.29 is 4.39 Å². The average molecular weight is 310 g/mol. The third kappa shape index (κ3) is 3.51. The Kier molecular flexibility index (Phi) is 5.14. The van der Waals surface area contributed by atoms with Crippen LogP contribution in [0.1, 0.15) is 18.9 Å². The fourth-order valence-corrected chi connectivity index (χ4v) is 3.02. The summed E-state index contributed by atoms with van der Waals surface area (Å²) < 4.78 is 13.7. The Bertz CT molecular complexity index is 617. The summed E-state index contributed by atoms with van der Waals surface area (Å²) in [5, 5.41) is 0.866. The van der Waals surface area contributed by atoms with E-state index < -0.39 is 0 Å². The number of hydrogen-bond donors (Lipinski definition) is 1. The fourth-order valence-electron chi connectivity index (χ4n) is 3.02. The first kappa shape index (κ1) is 16.1. The molecule has 2 atom stereocenters. The highest BCUT2D eigenvalue weighted by atomic mass is 35.5. The zero-order chi connectivity index (χ0) is 14.1. The van der Waals surface area contributed by atoms with Crippen molar-refractivity contribution in [3.63, 3.8) is 0 Å². The van der Waals surface area contributed by atoms with Crippen LogP contribution in [-0.2, 0) is 6.54 Å². The van der Waals surface area contributed by atoms with Gasteiger partial charge in [-0.1, -0.05) is 6.07 Å². The third-order valence-corrected chi connectivity index (χ3v) is 4.19. The van der Waals surface area contributed by atoms with Gasteiger partial charge >= 0.3 is 0 Å². The Labute approximate surface area is 130 Å². The minimum absolute atomic E-state index is 0. The molecule has 0 spiro atoms. The molecule has 1 fully saturated rings. The fraction of sp³-hybridized carbons (Fsp3) is 0.438.